The van der Waals surface area contributed by atoms with Crippen molar-refractivity contribution in [1.82, 2.24) is 0 Å². The third-order valence-corrected chi connectivity index (χ3v) is 5.27. The molecule has 0 aliphatic carbocycles. The Morgan fingerprint density at radius 1 is 1.38 bits per heavy atom. The average Bonchev–Trinajstić information content (AvgIpc) is 2.56. The molecule has 132 valence electrons. The summed E-state index contributed by atoms with van der Waals surface area (Å²) >= 11 is 5.85. The standard InChI is InChI=1S/C14H15ClFO7P/c1-9(23-12-3-2-10(16)4-11(12)15)13(17)19-5-14-6-20-24(18,21-7-14)22-8-14/h2-4,9H,5-8H2,1H3. The van der Waals surface area contributed by atoms with Gasteiger partial charge >= 0.3 is 13.8 Å². The second kappa shape index (κ2) is 6.61. The molecule has 0 spiro atoms. The van der Waals surface area contributed by atoms with Crippen LogP contribution < -0.4 is 4.74 Å². The van der Waals surface area contributed by atoms with Crippen LogP contribution in [0.25, 0.3) is 0 Å². The van der Waals surface area contributed by atoms with Crippen molar-refractivity contribution in [1.29, 1.82) is 0 Å². The largest absolute Gasteiger partial charge is 0.477 e. The molecule has 0 N–H and O–H groups in total. The highest BCUT2D eigenvalue weighted by atomic mass is 35.5. The van der Waals surface area contributed by atoms with Crippen molar-refractivity contribution < 1.29 is 36.8 Å². The summed E-state index contributed by atoms with van der Waals surface area (Å²) in [6.45, 7) is 1.82. The van der Waals surface area contributed by atoms with Gasteiger partial charge < -0.3 is 9.47 Å². The number of hydrogen-bond donors (Lipinski definition) is 0. The number of rotatable bonds is 5. The van der Waals surface area contributed by atoms with Crippen LogP contribution in [0, 0.1) is 11.2 Å². The van der Waals surface area contributed by atoms with E-state index in [0.29, 0.717) is 0 Å². The number of esters is 1. The Hall–Kier alpha value is -1.18. The third-order valence-electron chi connectivity index (χ3n) is 3.64. The number of phosphoric acid groups is 1. The number of carbonyl (C=O) groups excluding carboxylic acids is 1. The number of ether oxygens (including phenoxy) is 2. The fraction of sp³-hybridized carbons (Fsp3) is 0.500. The van der Waals surface area contributed by atoms with Crippen molar-refractivity contribution in [2.24, 2.45) is 5.41 Å². The molecule has 24 heavy (non-hydrogen) atoms. The van der Waals surface area contributed by atoms with Gasteiger partial charge in [-0.2, -0.15) is 0 Å². The maximum absolute atomic E-state index is 13.0. The normalized spacial score (nSPS) is 30.0. The molecule has 1 atom stereocenters. The molecule has 3 heterocycles. The lowest BCUT2D eigenvalue weighted by Crippen LogP contribution is -2.48. The van der Waals surface area contributed by atoms with E-state index in [4.69, 9.17) is 34.6 Å². The number of phosphoric ester groups is 1. The number of carbonyl (C=O) groups is 1. The molecule has 3 aliphatic heterocycles. The van der Waals surface area contributed by atoms with Crippen molar-refractivity contribution in [3.05, 3.63) is 29.0 Å². The molecule has 0 amide bonds. The molecule has 3 fully saturated rings. The topological polar surface area (TPSA) is 80.3 Å². The minimum absolute atomic E-state index is 0.0311. The van der Waals surface area contributed by atoms with Gasteiger partial charge in [0.05, 0.1) is 30.3 Å². The highest BCUT2D eigenvalue weighted by Gasteiger charge is 2.51. The number of hydrogen-bond acceptors (Lipinski definition) is 7. The average molecular weight is 381 g/mol. The van der Waals surface area contributed by atoms with Crippen molar-refractivity contribution in [3.8, 4) is 5.75 Å². The Balaban J connectivity index is 1.54. The van der Waals surface area contributed by atoms with Crippen LogP contribution in [0.5, 0.6) is 5.75 Å². The first-order chi connectivity index (χ1) is 11.3. The van der Waals surface area contributed by atoms with Crippen molar-refractivity contribution in [3.63, 3.8) is 0 Å². The van der Waals surface area contributed by atoms with Crippen LogP contribution in [0.1, 0.15) is 6.92 Å². The van der Waals surface area contributed by atoms with Gasteiger partial charge in [-0.25, -0.2) is 13.8 Å². The molecule has 3 saturated heterocycles. The van der Waals surface area contributed by atoms with Crippen molar-refractivity contribution >= 4 is 25.4 Å². The first-order valence-electron chi connectivity index (χ1n) is 7.13. The van der Waals surface area contributed by atoms with Crippen LogP contribution >= 0.6 is 19.4 Å². The maximum atomic E-state index is 13.0. The summed E-state index contributed by atoms with van der Waals surface area (Å²) in [5.74, 6) is -0.968. The molecule has 1 aromatic rings. The van der Waals surface area contributed by atoms with E-state index in [1.807, 2.05) is 0 Å². The van der Waals surface area contributed by atoms with Gasteiger partial charge in [0.15, 0.2) is 6.10 Å². The van der Waals surface area contributed by atoms with E-state index in [9.17, 15) is 13.8 Å². The zero-order valence-electron chi connectivity index (χ0n) is 12.7. The quantitative estimate of drug-likeness (QED) is 0.574. The molecule has 10 heteroatoms. The zero-order chi connectivity index (χ0) is 17.4. The van der Waals surface area contributed by atoms with Gasteiger partial charge in [-0.1, -0.05) is 11.6 Å². The Bertz CT molecular complexity index is 666. The van der Waals surface area contributed by atoms with Gasteiger partial charge in [0.25, 0.3) is 0 Å². The first-order valence-corrected chi connectivity index (χ1v) is 8.97. The molecule has 0 radical (unpaired) electrons. The number of fused-ring (bicyclic) bond motifs is 3. The highest BCUT2D eigenvalue weighted by Crippen LogP contribution is 2.59. The van der Waals surface area contributed by atoms with E-state index < -0.39 is 31.1 Å². The minimum atomic E-state index is -3.40. The van der Waals surface area contributed by atoms with Crippen LogP contribution in [0.4, 0.5) is 4.39 Å². The van der Waals surface area contributed by atoms with Gasteiger partial charge in [-0.15, -0.1) is 0 Å². The second-order valence-corrected chi connectivity index (χ2v) is 7.79. The van der Waals surface area contributed by atoms with E-state index in [1.165, 1.54) is 19.1 Å². The van der Waals surface area contributed by atoms with Crippen LogP contribution in [0.2, 0.25) is 5.02 Å². The number of benzene rings is 1. The third kappa shape index (κ3) is 3.73. The smallest absolute Gasteiger partial charge is 0.474 e. The predicted molar refractivity (Wildman–Crippen MR) is 80.4 cm³/mol. The monoisotopic (exact) mass is 380 g/mol. The highest BCUT2D eigenvalue weighted by molar-refractivity contribution is 7.48. The SMILES string of the molecule is CC(Oc1ccc(F)cc1Cl)C(=O)OCC12COP(=O)(OC1)OC2. The van der Waals surface area contributed by atoms with E-state index in [0.717, 1.165) is 6.07 Å². The first kappa shape index (κ1) is 17.6. The lowest BCUT2D eigenvalue weighted by atomic mass is 9.92. The molecule has 1 unspecified atom stereocenters. The Labute approximate surface area is 142 Å². The Kier molecular flexibility index (Phi) is 4.86. The van der Waals surface area contributed by atoms with Crippen molar-refractivity contribution in [2.75, 3.05) is 26.4 Å². The Morgan fingerprint density at radius 3 is 2.58 bits per heavy atom. The van der Waals surface area contributed by atoms with Crippen molar-refractivity contribution in [2.45, 2.75) is 13.0 Å². The fourth-order valence-corrected chi connectivity index (χ4v) is 3.89. The molecule has 7 nitrogen and oxygen atoms in total. The molecule has 3 aliphatic rings. The van der Waals surface area contributed by atoms with Gasteiger partial charge in [0, 0.05) is 0 Å². The fourth-order valence-electron chi connectivity index (χ4n) is 2.16. The Morgan fingerprint density at radius 2 is 2.00 bits per heavy atom. The molecule has 2 bridgehead atoms. The lowest BCUT2D eigenvalue weighted by Gasteiger charge is -2.43. The van der Waals surface area contributed by atoms with Gasteiger partial charge in [0.2, 0.25) is 0 Å². The van der Waals surface area contributed by atoms with E-state index in [-0.39, 0.29) is 37.2 Å². The van der Waals surface area contributed by atoms with Gasteiger partial charge in [-0.05, 0) is 25.1 Å². The summed E-state index contributed by atoms with van der Waals surface area (Å²) in [7, 11) is -3.40. The molecule has 0 saturated carbocycles. The molecule has 4 rings (SSSR count). The van der Waals surface area contributed by atoms with Gasteiger partial charge in [0.1, 0.15) is 18.2 Å². The molecule has 1 aromatic carbocycles. The van der Waals surface area contributed by atoms with Crippen LogP contribution in [-0.2, 0) is 27.7 Å². The minimum Gasteiger partial charge on any atom is -0.477 e. The van der Waals surface area contributed by atoms with Crippen LogP contribution in [0.3, 0.4) is 0 Å². The zero-order valence-corrected chi connectivity index (χ0v) is 14.3. The summed E-state index contributed by atoms with van der Waals surface area (Å²) in [6.07, 6.45) is -0.953. The van der Waals surface area contributed by atoms with E-state index in [2.05, 4.69) is 0 Å². The predicted octanol–water partition coefficient (Wildman–Crippen LogP) is 2.96. The summed E-state index contributed by atoms with van der Waals surface area (Å²) in [5.41, 5.74) is -0.685. The summed E-state index contributed by atoms with van der Waals surface area (Å²) in [4.78, 5) is 12.1. The summed E-state index contributed by atoms with van der Waals surface area (Å²) in [6, 6.07) is 3.59. The molecule has 0 aromatic heterocycles. The van der Waals surface area contributed by atoms with E-state index in [1.54, 1.807) is 0 Å². The molecular formula is C14H15ClFO7P. The lowest BCUT2D eigenvalue weighted by molar-refractivity contribution is -0.166. The van der Waals surface area contributed by atoms with Gasteiger partial charge in [-0.3, -0.25) is 13.6 Å². The van der Waals surface area contributed by atoms with E-state index >= 15 is 0 Å². The maximum Gasteiger partial charge on any atom is 0.474 e. The summed E-state index contributed by atoms with van der Waals surface area (Å²) in [5, 5.41) is 0.0544. The van der Waals surface area contributed by atoms with Crippen LogP contribution in [0.15, 0.2) is 18.2 Å². The number of halogens is 2. The second-order valence-electron chi connectivity index (χ2n) is 5.71. The molecular weight excluding hydrogens is 366 g/mol. The van der Waals surface area contributed by atoms with Crippen LogP contribution in [-0.4, -0.2) is 38.5 Å². The summed E-state index contributed by atoms with van der Waals surface area (Å²) < 4.78 is 50.3.